The van der Waals surface area contributed by atoms with Crippen LogP contribution in [0.25, 0.3) is 0 Å². The van der Waals surface area contributed by atoms with Crippen LogP contribution in [0.4, 0.5) is 0 Å². The molecule has 0 radical (unpaired) electrons. The van der Waals surface area contributed by atoms with Gasteiger partial charge in [-0.3, -0.25) is 4.68 Å². The number of nitrogens with zero attached hydrogens (tertiary/aromatic N) is 3. The van der Waals surface area contributed by atoms with E-state index in [4.69, 9.17) is 4.74 Å². The van der Waals surface area contributed by atoms with E-state index in [1.54, 1.807) is 6.20 Å². The van der Waals surface area contributed by atoms with E-state index in [9.17, 15) is 10.4 Å². The summed E-state index contributed by atoms with van der Waals surface area (Å²) < 4.78 is 7.56. The zero-order chi connectivity index (χ0) is 23.2. The number of nitriles is 1. The second-order valence-corrected chi connectivity index (χ2v) is 12.3. The molecule has 5 nitrogen and oxygen atoms in total. The summed E-state index contributed by atoms with van der Waals surface area (Å²) in [5, 5.41) is 24.9. The maximum Gasteiger partial charge on any atom is 0.138 e. The van der Waals surface area contributed by atoms with Crippen molar-refractivity contribution in [3.05, 3.63) is 18.0 Å². The van der Waals surface area contributed by atoms with Crippen molar-refractivity contribution in [3.8, 4) is 6.07 Å². The lowest BCUT2D eigenvalue weighted by atomic mass is 9.48. The van der Waals surface area contributed by atoms with E-state index in [0.717, 1.165) is 49.0 Å². The number of hydrogen-bond donors (Lipinski definition) is 1. The molecule has 1 unspecified atom stereocenters. The van der Waals surface area contributed by atoms with Gasteiger partial charge in [-0.25, -0.2) is 0 Å². The summed E-state index contributed by atoms with van der Waals surface area (Å²) in [6.45, 7) is 9.09. The molecule has 33 heavy (non-hydrogen) atoms. The second kappa shape index (κ2) is 9.00. The lowest BCUT2D eigenvalue weighted by Gasteiger charge is -2.57. The number of aliphatic hydroxyl groups is 1. The number of aromatic nitrogens is 2. The molecular formula is C28H43N3O2. The van der Waals surface area contributed by atoms with Crippen LogP contribution in [0.2, 0.25) is 0 Å². The van der Waals surface area contributed by atoms with E-state index in [-0.39, 0.29) is 0 Å². The molecule has 4 aliphatic carbocycles. The Morgan fingerprint density at radius 3 is 2.79 bits per heavy atom. The topological polar surface area (TPSA) is 71.1 Å². The molecule has 0 amide bonds. The summed E-state index contributed by atoms with van der Waals surface area (Å²) in [4.78, 5) is 0. The highest BCUT2D eigenvalue weighted by atomic mass is 16.5. The van der Waals surface area contributed by atoms with Crippen molar-refractivity contribution in [2.24, 2.45) is 46.8 Å². The summed E-state index contributed by atoms with van der Waals surface area (Å²) in [7, 11) is 0. The smallest absolute Gasteiger partial charge is 0.138 e. The number of hydrogen-bond acceptors (Lipinski definition) is 4. The van der Waals surface area contributed by atoms with Gasteiger partial charge in [0.25, 0.3) is 0 Å². The van der Waals surface area contributed by atoms with E-state index >= 15 is 0 Å². The minimum Gasteiger partial charge on any atom is -0.387 e. The van der Waals surface area contributed by atoms with Gasteiger partial charge < -0.3 is 9.84 Å². The van der Waals surface area contributed by atoms with Crippen molar-refractivity contribution in [1.29, 1.82) is 5.26 Å². The predicted octanol–water partition coefficient (Wildman–Crippen LogP) is 5.43. The summed E-state index contributed by atoms with van der Waals surface area (Å²) in [5.74, 6) is 5.36. The van der Waals surface area contributed by atoms with Gasteiger partial charge in [-0.15, -0.1) is 0 Å². The Morgan fingerprint density at radius 1 is 1.18 bits per heavy atom. The average Bonchev–Trinajstić information content (AvgIpc) is 3.40. The molecule has 9 atom stereocenters. The molecule has 4 aliphatic rings. The van der Waals surface area contributed by atoms with E-state index in [2.05, 4.69) is 25.0 Å². The molecule has 0 bridgehead atoms. The first-order valence-corrected chi connectivity index (χ1v) is 13.6. The number of rotatable bonds is 6. The summed E-state index contributed by atoms with van der Waals surface area (Å²) >= 11 is 0. The van der Waals surface area contributed by atoms with Crippen molar-refractivity contribution in [1.82, 2.24) is 9.78 Å². The molecule has 1 aromatic rings. The van der Waals surface area contributed by atoms with E-state index < -0.39 is 5.60 Å². The Labute approximate surface area is 199 Å². The third-order valence-corrected chi connectivity index (χ3v) is 10.7. The van der Waals surface area contributed by atoms with Crippen LogP contribution in [0, 0.1) is 58.2 Å². The Morgan fingerprint density at radius 2 is 2.00 bits per heavy atom. The van der Waals surface area contributed by atoms with E-state index in [1.165, 1.54) is 44.9 Å². The molecule has 0 aromatic carbocycles. The van der Waals surface area contributed by atoms with Gasteiger partial charge in [-0.2, -0.15) is 10.4 Å². The van der Waals surface area contributed by atoms with Crippen LogP contribution in [-0.2, 0) is 11.3 Å². The predicted molar refractivity (Wildman–Crippen MR) is 128 cm³/mol. The van der Waals surface area contributed by atoms with E-state index in [0.29, 0.717) is 36.2 Å². The molecule has 1 aromatic heterocycles. The Balaban J connectivity index is 1.27. The fourth-order valence-electron chi connectivity index (χ4n) is 9.33. The Kier molecular flexibility index (Phi) is 6.38. The SMILES string of the molecule is CCOC[C@@]1(O)CC[C@H]2[C@H](CC[C@@H]3[C@@H]2CC[C@]2(C)[C@@H](C(C)Cn4nccc4C#N)CC[C@@H]32)C1. The van der Waals surface area contributed by atoms with Gasteiger partial charge in [0.1, 0.15) is 11.8 Å². The minimum atomic E-state index is -0.587. The molecule has 0 spiro atoms. The first kappa shape index (κ1) is 23.4. The lowest BCUT2D eigenvalue weighted by Crippen LogP contribution is -2.52. The third kappa shape index (κ3) is 4.06. The van der Waals surface area contributed by atoms with Gasteiger partial charge in [0.15, 0.2) is 0 Å². The average molecular weight is 454 g/mol. The Bertz CT molecular complexity index is 877. The van der Waals surface area contributed by atoms with Crippen LogP contribution in [0.3, 0.4) is 0 Å². The standard InChI is InChI=1S/C28H43N3O2/c1-4-33-18-28(32)13-10-22-20(15-28)5-6-24-23(22)9-12-27(3)25(7-8-26(24)27)19(2)17-31-21(16-29)11-14-30-31/h11,14,19-20,22-26,32H,4-10,12-13,15,17-18H2,1-3H3/t19?,20-,22+,23-,24-,25-,26+,27-,28-/m1/s1. The maximum atomic E-state index is 11.1. The van der Waals surface area contributed by atoms with Gasteiger partial charge in [-0.1, -0.05) is 13.8 Å². The molecule has 1 N–H and O–H groups in total. The number of fused-ring (bicyclic) bond motifs is 5. The molecule has 0 aliphatic heterocycles. The largest absolute Gasteiger partial charge is 0.387 e. The van der Waals surface area contributed by atoms with E-state index in [1.807, 2.05) is 17.7 Å². The summed E-state index contributed by atoms with van der Waals surface area (Å²) in [5.41, 5.74) is 0.526. The molecule has 0 saturated heterocycles. The van der Waals surface area contributed by atoms with Crippen LogP contribution in [0.1, 0.15) is 84.3 Å². The highest BCUT2D eigenvalue weighted by Crippen LogP contribution is 2.65. The van der Waals surface area contributed by atoms with Gasteiger partial charge in [-0.05, 0) is 118 Å². The monoisotopic (exact) mass is 453 g/mol. The van der Waals surface area contributed by atoms with Crippen molar-refractivity contribution >= 4 is 0 Å². The Hall–Kier alpha value is -1.38. The highest BCUT2D eigenvalue weighted by Gasteiger charge is 2.58. The molecule has 182 valence electrons. The third-order valence-electron chi connectivity index (χ3n) is 10.7. The van der Waals surface area contributed by atoms with Gasteiger partial charge in [0, 0.05) is 13.2 Å². The zero-order valence-electron chi connectivity index (χ0n) is 20.9. The summed E-state index contributed by atoms with van der Waals surface area (Å²) in [6.07, 6.45) is 12.9. The maximum absolute atomic E-state index is 11.1. The molecule has 4 fully saturated rings. The molecule has 1 heterocycles. The molecule has 4 saturated carbocycles. The number of ether oxygens (including phenoxy) is 1. The first-order chi connectivity index (χ1) is 15.9. The lowest BCUT2D eigenvalue weighted by molar-refractivity contribution is -0.129. The van der Waals surface area contributed by atoms with Gasteiger partial charge in [0.05, 0.1) is 18.4 Å². The van der Waals surface area contributed by atoms with Crippen LogP contribution in [0.15, 0.2) is 12.3 Å². The highest BCUT2D eigenvalue weighted by molar-refractivity contribution is 5.18. The van der Waals surface area contributed by atoms with Gasteiger partial charge >= 0.3 is 0 Å². The molecular weight excluding hydrogens is 410 g/mol. The van der Waals surface area contributed by atoms with Crippen molar-refractivity contribution in [3.63, 3.8) is 0 Å². The van der Waals surface area contributed by atoms with Crippen molar-refractivity contribution in [2.45, 2.75) is 90.7 Å². The van der Waals surface area contributed by atoms with Gasteiger partial charge in [0.2, 0.25) is 0 Å². The summed E-state index contributed by atoms with van der Waals surface area (Å²) in [6, 6.07) is 4.12. The normalized spacial score (nSPS) is 43.2. The molecule has 5 rings (SSSR count). The zero-order valence-corrected chi connectivity index (χ0v) is 20.9. The van der Waals surface area contributed by atoms with Crippen LogP contribution >= 0.6 is 0 Å². The van der Waals surface area contributed by atoms with Crippen LogP contribution in [0.5, 0.6) is 0 Å². The minimum absolute atomic E-state index is 0.428. The quantitative estimate of drug-likeness (QED) is 0.624. The first-order valence-electron chi connectivity index (χ1n) is 13.6. The van der Waals surface area contributed by atoms with Crippen LogP contribution in [-0.4, -0.2) is 33.7 Å². The van der Waals surface area contributed by atoms with Crippen molar-refractivity contribution in [2.75, 3.05) is 13.2 Å². The fraction of sp³-hybridized carbons (Fsp3) is 0.857. The van der Waals surface area contributed by atoms with Crippen LogP contribution < -0.4 is 0 Å². The second-order valence-electron chi connectivity index (χ2n) is 12.3. The fourth-order valence-corrected chi connectivity index (χ4v) is 9.33. The molecule has 5 heteroatoms. The van der Waals surface area contributed by atoms with Crippen molar-refractivity contribution < 1.29 is 9.84 Å².